The molecular formula is C36H33N5O3. The van der Waals surface area contributed by atoms with Crippen molar-refractivity contribution in [2.24, 2.45) is 0 Å². The minimum absolute atomic E-state index is 0.0708. The molecule has 3 heterocycles. The van der Waals surface area contributed by atoms with Gasteiger partial charge in [0.15, 0.2) is 0 Å². The van der Waals surface area contributed by atoms with Gasteiger partial charge in [0.05, 0.1) is 11.9 Å². The summed E-state index contributed by atoms with van der Waals surface area (Å²) < 4.78 is 5.18. The number of rotatable bonds is 9. The molecule has 2 amide bonds. The molecule has 5 aromatic rings. The largest absolute Gasteiger partial charge is 0.361 e. The summed E-state index contributed by atoms with van der Waals surface area (Å²) in [5.41, 5.74) is 6.51. The highest BCUT2D eigenvalue weighted by Crippen LogP contribution is 2.24. The van der Waals surface area contributed by atoms with Crippen molar-refractivity contribution in [3.63, 3.8) is 0 Å². The summed E-state index contributed by atoms with van der Waals surface area (Å²) in [4.78, 5) is 40.6. The third kappa shape index (κ3) is 6.81. The number of carbonyl (C=O) groups is 2. The van der Waals surface area contributed by atoms with E-state index in [4.69, 9.17) is 4.52 Å². The number of hydrogen-bond acceptors (Lipinski definition) is 6. The van der Waals surface area contributed by atoms with Crippen molar-refractivity contribution in [3.8, 4) is 11.3 Å². The molecule has 0 bridgehead atoms. The fraction of sp³-hybridized carbons (Fsp3) is 0.194. The summed E-state index contributed by atoms with van der Waals surface area (Å²) in [6.45, 7) is 3.16. The van der Waals surface area contributed by atoms with Gasteiger partial charge in [-0.2, -0.15) is 0 Å². The van der Waals surface area contributed by atoms with E-state index in [2.05, 4.69) is 27.3 Å². The van der Waals surface area contributed by atoms with Gasteiger partial charge in [-0.25, -0.2) is 0 Å². The molecule has 0 saturated carbocycles. The Labute approximate surface area is 256 Å². The van der Waals surface area contributed by atoms with Gasteiger partial charge in [-0.05, 0) is 41.7 Å². The van der Waals surface area contributed by atoms with E-state index in [-0.39, 0.29) is 18.4 Å². The van der Waals surface area contributed by atoms with Crippen molar-refractivity contribution in [1.82, 2.24) is 24.9 Å². The van der Waals surface area contributed by atoms with E-state index in [9.17, 15) is 9.59 Å². The Morgan fingerprint density at radius 1 is 0.955 bits per heavy atom. The number of hydrogen-bond donors (Lipinski definition) is 0. The van der Waals surface area contributed by atoms with Gasteiger partial charge < -0.3 is 14.3 Å². The zero-order chi connectivity index (χ0) is 30.3. The van der Waals surface area contributed by atoms with Gasteiger partial charge >= 0.3 is 0 Å². The lowest BCUT2D eigenvalue weighted by atomic mass is 9.97. The zero-order valence-electron chi connectivity index (χ0n) is 24.5. The molecule has 2 aromatic heterocycles. The van der Waals surface area contributed by atoms with Gasteiger partial charge in [-0.15, -0.1) is 0 Å². The third-order valence-corrected chi connectivity index (χ3v) is 7.87. The van der Waals surface area contributed by atoms with Crippen LogP contribution in [-0.4, -0.2) is 49.3 Å². The number of benzene rings is 3. The second-order valence-corrected chi connectivity index (χ2v) is 10.9. The lowest BCUT2D eigenvalue weighted by molar-refractivity contribution is -0.144. The molecule has 3 aromatic carbocycles. The average molecular weight is 584 g/mol. The van der Waals surface area contributed by atoms with E-state index in [0.29, 0.717) is 31.0 Å². The summed E-state index contributed by atoms with van der Waals surface area (Å²) in [7, 11) is 0. The first kappa shape index (κ1) is 28.7. The molecule has 220 valence electrons. The molecule has 0 spiro atoms. The van der Waals surface area contributed by atoms with Crippen LogP contribution in [0, 0.1) is 6.92 Å². The van der Waals surface area contributed by atoms with Gasteiger partial charge in [0.2, 0.25) is 11.8 Å². The fourth-order valence-corrected chi connectivity index (χ4v) is 5.55. The van der Waals surface area contributed by atoms with Crippen molar-refractivity contribution >= 4 is 17.9 Å². The fourth-order valence-electron chi connectivity index (χ4n) is 5.55. The number of fused-ring (bicyclic) bond motifs is 1. The van der Waals surface area contributed by atoms with E-state index in [1.807, 2.05) is 71.6 Å². The van der Waals surface area contributed by atoms with Crippen LogP contribution in [0.25, 0.3) is 17.3 Å². The lowest BCUT2D eigenvalue weighted by Gasteiger charge is -2.36. The molecule has 0 aliphatic carbocycles. The molecule has 8 nitrogen and oxygen atoms in total. The number of amides is 2. The molecular weight excluding hydrogens is 550 g/mol. The monoisotopic (exact) mass is 583 g/mol. The Morgan fingerprint density at radius 2 is 1.73 bits per heavy atom. The van der Waals surface area contributed by atoms with Crippen LogP contribution < -0.4 is 0 Å². The molecule has 0 saturated heterocycles. The molecule has 0 unspecified atom stereocenters. The van der Waals surface area contributed by atoms with Gasteiger partial charge in [0.25, 0.3) is 0 Å². The predicted molar refractivity (Wildman–Crippen MR) is 168 cm³/mol. The Balaban J connectivity index is 1.34. The van der Waals surface area contributed by atoms with Crippen LogP contribution in [0.5, 0.6) is 0 Å². The van der Waals surface area contributed by atoms with Gasteiger partial charge in [-0.3, -0.25) is 19.6 Å². The minimum Gasteiger partial charge on any atom is -0.361 e. The van der Waals surface area contributed by atoms with Gasteiger partial charge in [0.1, 0.15) is 17.5 Å². The maximum absolute atomic E-state index is 14.4. The summed E-state index contributed by atoms with van der Waals surface area (Å²) in [6, 6.07) is 27.0. The van der Waals surface area contributed by atoms with Crippen LogP contribution in [0.15, 0.2) is 114 Å². The second-order valence-electron chi connectivity index (χ2n) is 10.9. The molecule has 44 heavy (non-hydrogen) atoms. The Bertz CT molecular complexity index is 1750. The van der Waals surface area contributed by atoms with Crippen LogP contribution in [0.4, 0.5) is 0 Å². The topological polar surface area (TPSA) is 92.4 Å². The Morgan fingerprint density at radius 3 is 2.45 bits per heavy atom. The average Bonchev–Trinajstić information content (AvgIpc) is 3.50. The third-order valence-electron chi connectivity index (χ3n) is 7.87. The molecule has 1 aliphatic heterocycles. The Hall–Kier alpha value is -5.37. The summed E-state index contributed by atoms with van der Waals surface area (Å²) in [6.07, 6.45) is 9.28. The second kappa shape index (κ2) is 13.3. The number of aryl methyl sites for hydroxylation is 1. The first-order valence-corrected chi connectivity index (χ1v) is 14.7. The molecule has 0 fully saturated rings. The normalized spacial score (nSPS) is 13.4. The van der Waals surface area contributed by atoms with Crippen molar-refractivity contribution in [3.05, 3.63) is 143 Å². The highest BCUT2D eigenvalue weighted by atomic mass is 16.5. The highest BCUT2D eigenvalue weighted by Gasteiger charge is 2.34. The standard InChI is InChI=1S/C36H33N5O3/c1-26-21-32(39-44-26)15-16-35(42)41(24-28-11-13-30(14-12-28)33-23-37-18-19-38-33)34(22-27-7-3-2-4-8-27)36(43)40-20-17-29-9-5-6-10-31(29)25-40/h2-16,18-19,21,23,34H,17,20,22,24-25H2,1H3/t34-/m0/s1. The van der Waals surface area contributed by atoms with Gasteiger partial charge in [-0.1, -0.05) is 84.0 Å². The lowest BCUT2D eigenvalue weighted by Crippen LogP contribution is -2.52. The quantitative estimate of drug-likeness (QED) is 0.208. The summed E-state index contributed by atoms with van der Waals surface area (Å²) in [5, 5.41) is 3.99. The smallest absolute Gasteiger partial charge is 0.247 e. The molecule has 1 aliphatic rings. The van der Waals surface area contributed by atoms with Crippen LogP contribution in [0.1, 0.15) is 33.7 Å². The highest BCUT2D eigenvalue weighted by molar-refractivity contribution is 5.95. The number of nitrogens with zero attached hydrogens (tertiary/aromatic N) is 5. The van der Waals surface area contributed by atoms with Crippen LogP contribution in [-0.2, 0) is 35.5 Å². The van der Waals surface area contributed by atoms with Crippen LogP contribution in [0.2, 0.25) is 0 Å². The van der Waals surface area contributed by atoms with E-state index < -0.39 is 6.04 Å². The van der Waals surface area contributed by atoms with E-state index in [1.165, 1.54) is 11.6 Å². The van der Waals surface area contributed by atoms with Crippen molar-refractivity contribution in [1.29, 1.82) is 0 Å². The van der Waals surface area contributed by atoms with E-state index in [0.717, 1.165) is 34.4 Å². The Kier molecular flexibility index (Phi) is 8.68. The SMILES string of the molecule is Cc1cc(C=CC(=O)N(Cc2ccc(-c3cnccn3)cc2)[C@@H](Cc2ccccc2)C(=O)N2CCc3ccccc3C2)no1. The van der Waals surface area contributed by atoms with E-state index >= 15 is 0 Å². The zero-order valence-corrected chi connectivity index (χ0v) is 24.5. The maximum atomic E-state index is 14.4. The van der Waals surface area contributed by atoms with Crippen molar-refractivity contribution in [2.45, 2.75) is 38.9 Å². The molecule has 6 rings (SSSR count). The number of carbonyl (C=O) groups excluding carboxylic acids is 2. The minimum atomic E-state index is -0.724. The summed E-state index contributed by atoms with van der Waals surface area (Å²) >= 11 is 0. The predicted octanol–water partition coefficient (Wildman–Crippen LogP) is 5.68. The summed E-state index contributed by atoms with van der Waals surface area (Å²) in [5.74, 6) is 0.300. The first-order chi connectivity index (χ1) is 21.5. The van der Waals surface area contributed by atoms with Crippen LogP contribution >= 0.6 is 0 Å². The first-order valence-electron chi connectivity index (χ1n) is 14.7. The van der Waals surface area contributed by atoms with Crippen molar-refractivity contribution in [2.75, 3.05) is 6.54 Å². The number of aromatic nitrogens is 3. The maximum Gasteiger partial charge on any atom is 0.247 e. The van der Waals surface area contributed by atoms with Gasteiger partial charge in [0, 0.05) is 56.2 Å². The van der Waals surface area contributed by atoms with E-state index in [1.54, 1.807) is 42.6 Å². The van der Waals surface area contributed by atoms with Crippen molar-refractivity contribution < 1.29 is 14.1 Å². The molecule has 8 heteroatoms. The molecule has 0 radical (unpaired) electrons. The molecule has 1 atom stereocenters. The van der Waals surface area contributed by atoms with Crippen LogP contribution in [0.3, 0.4) is 0 Å². The molecule has 0 N–H and O–H groups in total.